The minimum absolute atomic E-state index is 0.295. The average molecular weight is 288 g/mol. The van der Waals surface area contributed by atoms with Crippen LogP contribution in [0.25, 0.3) is 0 Å². The first-order valence-corrected chi connectivity index (χ1v) is 8.26. The molecule has 0 aliphatic carbocycles. The number of amides is 1. The Balaban J connectivity index is 1.96. The van der Waals surface area contributed by atoms with Crippen LogP contribution >= 0.6 is 0 Å². The number of piperidine rings is 1. The van der Waals surface area contributed by atoms with Crippen LogP contribution in [0.3, 0.4) is 0 Å². The van der Waals surface area contributed by atoms with Gasteiger partial charge in [-0.1, -0.05) is 38.5 Å². The summed E-state index contributed by atoms with van der Waals surface area (Å²) in [6.45, 7) is 5.42. The largest absolute Gasteiger partial charge is 0.399 e. The van der Waals surface area contributed by atoms with Crippen molar-refractivity contribution in [1.82, 2.24) is 4.90 Å². The van der Waals surface area contributed by atoms with Gasteiger partial charge in [-0.25, -0.2) is 0 Å². The molecule has 1 saturated heterocycles. The van der Waals surface area contributed by atoms with E-state index in [0.717, 1.165) is 43.5 Å². The molecule has 0 aromatic heterocycles. The first-order chi connectivity index (χ1) is 10.1. The predicted molar refractivity (Wildman–Crippen MR) is 88.0 cm³/mol. The van der Waals surface area contributed by atoms with Gasteiger partial charge in [-0.15, -0.1) is 0 Å². The Bertz CT molecular complexity index is 472. The maximum absolute atomic E-state index is 12.6. The predicted octanol–water partition coefficient (Wildman–Crippen LogP) is 3.63. The number of para-hydroxylation sites is 1. The van der Waals surface area contributed by atoms with E-state index in [1.807, 2.05) is 24.3 Å². The van der Waals surface area contributed by atoms with Crippen LogP contribution in [-0.2, 0) is 11.2 Å². The van der Waals surface area contributed by atoms with E-state index < -0.39 is 0 Å². The van der Waals surface area contributed by atoms with Crippen molar-refractivity contribution in [3.05, 3.63) is 29.8 Å². The van der Waals surface area contributed by atoms with Crippen molar-refractivity contribution in [2.45, 2.75) is 58.4 Å². The van der Waals surface area contributed by atoms with Crippen LogP contribution in [-0.4, -0.2) is 23.4 Å². The Kier molecular flexibility index (Phi) is 5.66. The molecular weight excluding hydrogens is 260 g/mol. The zero-order valence-corrected chi connectivity index (χ0v) is 13.3. The summed E-state index contributed by atoms with van der Waals surface area (Å²) < 4.78 is 0. The normalized spacial score (nSPS) is 22.3. The number of likely N-dealkylation sites (tertiary alicyclic amines) is 1. The summed E-state index contributed by atoms with van der Waals surface area (Å²) in [7, 11) is 0. The zero-order chi connectivity index (χ0) is 15.2. The number of rotatable bonds is 5. The van der Waals surface area contributed by atoms with E-state index in [4.69, 9.17) is 5.73 Å². The quantitative estimate of drug-likeness (QED) is 0.841. The molecule has 3 nitrogen and oxygen atoms in total. The molecule has 2 unspecified atom stereocenters. The summed E-state index contributed by atoms with van der Waals surface area (Å²) >= 11 is 0. The number of carbonyl (C=O) groups excluding carboxylic acids is 1. The number of hydrogen-bond acceptors (Lipinski definition) is 2. The Morgan fingerprint density at radius 3 is 2.86 bits per heavy atom. The molecule has 1 amide bonds. The molecular formula is C18H28N2O. The van der Waals surface area contributed by atoms with E-state index in [0.29, 0.717) is 24.3 Å². The molecule has 1 aliphatic heterocycles. The molecule has 1 aliphatic rings. The highest BCUT2D eigenvalue weighted by Crippen LogP contribution is 2.27. The second-order valence-corrected chi connectivity index (χ2v) is 6.26. The smallest absolute Gasteiger partial charge is 0.223 e. The number of carbonyl (C=O) groups is 1. The molecule has 1 aromatic carbocycles. The highest BCUT2D eigenvalue weighted by atomic mass is 16.2. The molecule has 2 atom stereocenters. The molecule has 0 radical (unpaired) electrons. The Hall–Kier alpha value is -1.51. The van der Waals surface area contributed by atoms with Gasteiger partial charge in [0, 0.05) is 24.7 Å². The number of nitrogens with two attached hydrogens (primary N) is 1. The third kappa shape index (κ3) is 3.99. The number of hydrogen-bond donors (Lipinski definition) is 1. The molecule has 2 rings (SSSR count). The van der Waals surface area contributed by atoms with Crippen molar-refractivity contribution in [3.63, 3.8) is 0 Å². The fourth-order valence-corrected chi connectivity index (χ4v) is 3.44. The lowest BCUT2D eigenvalue weighted by molar-refractivity contribution is -0.136. The fraction of sp³-hybridized carbons (Fsp3) is 0.611. The molecule has 1 heterocycles. The number of benzene rings is 1. The fourth-order valence-electron chi connectivity index (χ4n) is 3.44. The summed E-state index contributed by atoms with van der Waals surface area (Å²) in [6, 6.07) is 8.28. The molecule has 0 saturated carbocycles. The van der Waals surface area contributed by atoms with E-state index in [1.54, 1.807) is 0 Å². The molecule has 21 heavy (non-hydrogen) atoms. The number of nitrogen functional groups attached to an aromatic ring is 1. The molecule has 1 aromatic rings. The topological polar surface area (TPSA) is 46.3 Å². The summed E-state index contributed by atoms with van der Waals surface area (Å²) in [5.74, 6) is 0.924. The molecule has 116 valence electrons. The monoisotopic (exact) mass is 288 g/mol. The third-order valence-corrected chi connectivity index (χ3v) is 4.68. The van der Waals surface area contributed by atoms with Crippen molar-refractivity contribution in [2.75, 3.05) is 12.3 Å². The first-order valence-electron chi connectivity index (χ1n) is 8.26. The van der Waals surface area contributed by atoms with Crippen LogP contribution in [0.2, 0.25) is 0 Å². The van der Waals surface area contributed by atoms with Gasteiger partial charge in [0.25, 0.3) is 0 Å². The van der Waals surface area contributed by atoms with E-state index >= 15 is 0 Å². The summed E-state index contributed by atoms with van der Waals surface area (Å²) in [6.07, 6.45) is 5.97. The van der Waals surface area contributed by atoms with Gasteiger partial charge in [0.2, 0.25) is 5.91 Å². The summed E-state index contributed by atoms with van der Waals surface area (Å²) in [5, 5.41) is 0. The minimum Gasteiger partial charge on any atom is -0.399 e. The molecule has 3 heteroatoms. The van der Waals surface area contributed by atoms with Crippen LogP contribution in [0.4, 0.5) is 5.69 Å². The Morgan fingerprint density at radius 2 is 2.14 bits per heavy atom. The van der Waals surface area contributed by atoms with Gasteiger partial charge in [0.1, 0.15) is 0 Å². The van der Waals surface area contributed by atoms with Gasteiger partial charge in [0.15, 0.2) is 0 Å². The van der Waals surface area contributed by atoms with Crippen molar-refractivity contribution in [2.24, 2.45) is 5.92 Å². The van der Waals surface area contributed by atoms with E-state index in [2.05, 4.69) is 18.7 Å². The van der Waals surface area contributed by atoms with Crippen LogP contribution in [0.15, 0.2) is 24.3 Å². The second-order valence-electron chi connectivity index (χ2n) is 6.26. The van der Waals surface area contributed by atoms with Crippen molar-refractivity contribution < 1.29 is 4.79 Å². The van der Waals surface area contributed by atoms with Crippen LogP contribution in [0.5, 0.6) is 0 Å². The van der Waals surface area contributed by atoms with Crippen molar-refractivity contribution in [1.29, 1.82) is 0 Å². The van der Waals surface area contributed by atoms with Crippen LogP contribution in [0.1, 0.15) is 51.5 Å². The maximum atomic E-state index is 12.6. The van der Waals surface area contributed by atoms with Gasteiger partial charge in [-0.2, -0.15) is 0 Å². The summed E-state index contributed by atoms with van der Waals surface area (Å²) in [4.78, 5) is 14.7. The Morgan fingerprint density at radius 1 is 1.38 bits per heavy atom. The lowest BCUT2D eigenvalue weighted by atomic mass is 9.87. The molecule has 0 bridgehead atoms. The lowest BCUT2D eigenvalue weighted by Gasteiger charge is -2.40. The van der Waals surface area contributed by atoms with E-state index in [9.17, 15) is 4.79 Å². The van der Waals surface area contributed by atoms with Gasteiger partial charge < -0.3 is 10.6 Å². The molecule has 1 fully saturated rings. The van der Waals surface area contributed by atoms with Crippen molar-refractivity contribution >= 4 is 11.6 Å². The third-order valence-electron chi connectivity index (χ3n) is 4.68. The number of aryl methyl sites for hydroxylation is 1. The SMILES string of the molecule is CCCC1C(C)CCCN1C(=O)CCc1ccccc1N. The maximum Gasteiger partial charge on any atom is 0.223 e. The average Bonchev–Trinajstić information content (AvgIpc) is 2.48. The minimum atomic E-state index is 0.295. The van der Waals surface area contributed by atoms with Crippen LogP contribution < -0.4 is 5.73 Å². The number of nitrogens with zero attached hydrogens (tertiary/aromatic N) is 1. The molecule has 2 N–H and O–H groups in total. The van der Waals surface area contributed by atoms with Gasteiger partial charge in [-0.05, 0) is 43.2 Å². The highest BCUT2D eigenvalue weighted by Gasteiger charge is 2.30. The van der Waals surface area contributed by atoms with E-state index in [1.165, 1.54) is 6.42 Å². The standard InChI is InChI=1S/C18H28N2O/c1-3-7-17-14(2)8-6-13-20(17)18(21)12-11-15-9-4-5-10-16(15)19/h4-5,9-10,14,17H,3,6-8,11-13,19H2,1-2H3. The van der Waals surface area contributed by atoms with Gasteiger partial charge in [0.05, 0.1) is 0 Å². The van der Waals surface area contributed by atoms with Gasteiger partial charge in [-0.3, -0.25) is 4.79 Å². The summed E-state index contributed by atoms with van der Waals surface area (Å²) in [5.41, 5.74) is 7.84. The van der Waals surface area contributed by atoms with Gasteiger partial charge >= 0.3 is 0 Å². The Labute approximate surface area is 128 Å². The van der Waals surface area contributed by atoms with Crippen molar-refractivity contribution in [3.8, 4) is 0 Å². The van der Waals surface area contributed by atoms with E-state index in [-0.39, 0.29) is 0 Å². The highest BCUT2D eigenvalue weighted by molar-refractivity contribution is 5.77. The lowest BCUT2D eigenvalue weighted by Crippen LogP contribution is -2.47. The van der Waals surface area contributed by atoms with Crippen LogP contribution in [0, 0.1) is 5.92 Å². The number of anilines is 1. The first kappa shape index (κ1) is 15.9. The zero-order valence-electron chi connectivity index (χ0n) is 13.3. The molecule has 0 spiro atoms. The second kappa shape index (κ2) is 7.48.